The summed E-state index contributed by atoms with van der Waals surface area (Å²) in [5.74, 6) is 0.0830. The Balaban J connectivity index is 1.37. The van der Waals surface area contributed by atoms with Crippen molar-refractivity contribution in [3.63, 3.8) is 0 Å². The molecule has 0 radical (unpaired) electrons. The van der Waals surface area contributed by atoms with E-state index in [9.17, 15) is 18.6 Å². The number of nitrogens with zero attached hydrogens (tertiary/aromatic N) is 4. The van der Waals surface area contributed by atoms with Gasteiger partial charge in [0.2, 0.25) is 19.2 Å². The summed E-state index contributed by atoms with van der Waals surface area (Å²) in [4.78, 5) is 35.9. The molecular formula is C23H31FN5O3P. The zero-order chi connectivity index (χ0) is 23.6. The van der Waals surface area contributed by atoms with E-state index in [0.29, 0.717) is 13.0 Å². The lowest BCUT2D eigenvalue weighted by Crippen LogP contribution is -2.54. The Hall–Kier alpha value is -2.51. The molecule has 2 aliphatic rings. The molecule has 0 bridgehead atoms. The van der Waals surface area contributed by atoms with Crippen molar-refractivity contribution >= 4 is 30.2 Å². The number of hydrogen-bond acceptors (Lipinski definition) is 6. The fraction of sp³-hybridized carbons (Fsp3) is 0.522. The van der Waals surface area contributed by atoms with Crippen LogP contribution in [-0.2, 0) is 15.8 Å². The molecule has 1 aromatic carbocycles. The Bertz CT molecular complexity index is 1040. The van der Waals surface area contributed by atoms with E-state index < -0.39 is 19.2 Å². The lowest BCUT2D eigenvalue weighted by atomic mass is 9.97. The van der Waals surface area contributed by atoms with Crippen molar-refractivity contribution in [3.8, 4) is 0 Å². The van der Waals surface area contributed by atoms with Crippen molar-refractivity contribution in [2.75, 3.05) is 36.5 Å². The molecule has 4 rings (SSSR count). The molecule has 2 atom stereocenters. The maximum absolute atomic E-state index is 14.5. The smallest absolute Gasteiger partial charge is 0.245 e. The highest BCUT2D eigenvalue weighted by Gasteiger charge is 2.35. The van der Waals surface area contributed by atoms with Gasteiger partial charge in [0.1, 0.15) is 11.9 Å². The molecule has 2 fully saturated rings. The number of carbonyl (C=O) groups is 1. The lowest BCUT2D eigenvalue weighted by Gasteiger charge is -2.42. The van der Waals surface area contributed by atoms with Gasteiger partial charge in [0.25, 0.3) is 0 Å². The van der Waals surface area contributed by atoms with Crippen LogP contribution in [0, 0.1) is 5.82 Å². The molecule has 0 spiro atoms. The van der Waals surface area contributed by atoms with Crippen molar-refractivity contribution in [1.29, 1.82) is 0 Å². The maximum atomic E-state index is 14.5. The average molecular weight is 476 g/mol. The van der Waals surface area contributed by atoms with Gasteiger partial charge in [0.05, 0.1) is 5.69 Å². The fourth-order valence-electron chi connectivity index (χ4n) is 4.53. The minimum Gasteiger partial charge on any atom is -0.371 e. The van der Waals surface area contributed by atoms with Gasteiger partial charge in [-0.15, -0.1) is 0 Å². The molecule has 0 aliphatic carbocycles. The number of benzene rings is 1. The van der Waals surface area contributed by atoms with Crippen LogP contribution in [0.3, 0.4) is 0 Å². The largest absolute Gasteiger partial charge is 0.371 e. The minimum atomic E-state index is -3.54. The molecule has 33 heavy (non-hydrogen) atoms. The number of aromatic nitrogens is 2. The van der Waals surface area contributed by atoms with Gasteiger partial charge >= 0.3 is 0 Å². The van der Waals surface area contributed by atoms with Gasteiger partial charge in [-0.3, -0.25) is 9.36 Å². The summed E-state index contributed by atoms with van der Waals surface area (Å²) >= 11 is 0. The van der Waals surface area contributed by atoms with Crippen LogP contribution < -0.4 is 15.5 Å². The van der Waals surface area contributed by atoms with Gasteiger partial charge in [-0.05, 0) is 55.9 Å². The molecule has 2 N–H and O–H groups in total. The Labute approximate surface area is 193 Å². The number of hydrogen-bond donors (Lipinski definition) is 2. The van der Waals surface area contributed by atoms with Crippen molar-refractivity contribution < 1.29 is 18.6 Å². The topological polar surface area (TPSA) is 98.7 Å². The predicted octanol–water partition coefficient (Wildman–Crippen LogP) is 2.78. The van der Waals surface area contributed by atoms with Gasteiger partial charge in [-0.25, -0.2) is 14.4 Å². The van der Waals surface area contributed by atoms with Crippen molar-refractivity contribution in [2.24, 2.45) is 0 Å². The van der Waals surface area contributed by atoms with E-state index in [1.165, 1.54) is 18.8 Å². The zero-order valence-corrected chi connectivity index (χ0v) is 20.0. The van der Waals surface area contributed by atoms with Crippen LogP contribution in [0.1, 0.15) is 38.2 Å². The van der Waals surface area contributed by atoms with Crippen molar-refractivity contribution in [1.82, 2.24) is 14.9 Å². The third-order valence-electron chi connectivity index (χ3n) is 6.52. The van der Waals surface area contributed by atoms with Gasteiger partial charge in [-0.1, -0.05) is 6.92 Å². The van der Waals surface area contributed by atoms with Gasteiger partial charge in [0, 0.05) is 50.0 Å². The lowest BCUT2D eigenvalue weighted by molar-refractivity contribution is -0.137. The third-order valence-corrected chi connectivity index (χ3v) is 7.76. The monoisotopic (exact) mass is 475 g/mol. The molecule has 1 amide bonds. The second kappa shape index (κ2) is 9.77. The van der Waals surface area contributed by atoms with E-state index in [2.05, 4.69) is 27.1 Å². The van der Waals surface area contributed by atoms with Crippen LogP contribution in [0.15, 0.2) is 30.6 Å². The molecule has 2 aromatic rings. The fourth-order valence-corrected chi connectivity index (χ4v) is 5.24. The highest BCUT2D eigenvalue weighted by Crippen LogP contribution is 2.35. The Kier molecular flexibility index (Phi) is 7.00. The number of likely N-dealkylation sites (tertiary alicyclic amines) is 1. The number of amides is 1. The van der Waals surface area contributed by atoms with Gasteiger partial charge in [0.15, 0.2) is 0 Å². The highest BCUT2D eigenvalue weighted by molar-refractivity contribution is 7.65. The summed E-state index contributed by atoms with van der Waals surface area (Å²) in [6, 6.07) is 3.57. The second-order valence-electron chi connectivity index (χ2n) is 8.88. The first kappa shape index (κ1) is 23.6. The average Bonchev–Trinajstić information content (AvgIpc) is 2.81. The van der Waals surface area contributed by atoms with E-state index in [1.807, 2.05) is 17.3 Å². The molecule has 3 heterocycles. The summed E-state index contributed by atoms with van der Waals surface area (Å²) in [5, 5.41) is 3.08. The Morgan fingerprint density at radius 3 is 2.48 bits per heavy atom. The maximum Gasteiger partial charge on any atom is 0.245 e. The van der Waals surface area contributed by atoms with Crippen LogP contribution in [0.5, 0.6) is 0 Å². The number of carbonyl (C=O) groups excluding carboxylic acids is 1. The molecule has 178 valence electrons. The number of nitrogens with one attached hydrogen (secondary N) is 1. The number of piperidine rings is 2. The Morgan fingerprint density at radius 1 is 1.18 bits per heavy atom. The SMILES string of the molecule is CCc1cnc(N2CCC(N3CCCC(Nc4ccc(P(C)(=O)O)cc4F)C3=O)CC2)nc1. The van der Waals surface area contributed by atoms with Crippen molar-refractivity contribution in [3.05, 3.63) is 42.0 Å². The first-order valence-electron chi connectivity index (χ1n) is 11.5. The molecule has 2 saturated heterocycles. The predicted molar refractivity (Wildman–Crippen MR) is 127 cm³/mol. The molecule has 0 saturated carbocycles. The molecule has 8 nitrogen and oxygen atoms in total. The van der Waals surface area contributed by atoms with E-state index in [-0.39, 0.29) is 22.9 Å². The quantitative estimate of drug-likeness (QED) is 0.620. The second-order valence-corrected chi connectivity index (χ2v) is 11.2. The number of halogens is 1. The van der Waals surface area contributed by atoms with E-state index in [1.54, 1.807) is 0 Å². The van der Waals surface area contributed by atoms with E-state index in [0.717, 1.165) is 56.4 Å². The first-order chi connectivity index (χ1) is 15.8. The molecule has 2 unspecified atom stereocenters. The van der Waals surface area contributed by atoms with Crippen LogP contribution >= 0.6 is 7.37 Å². The summed E-state index contributed by atoms with van der Waals surface area (Å²) < 4.78 is 26.3. The van der Waals surface area contributed by atoms with Crippen LogP contribution in [0.4, 0.5) is 16.0 Å². The minimum absolute atomic E-state index is 0.0185. The third kappa shape index (κ3) is 5.36. The standard InChI is InChI=1S/C23H31FN5O3P/c1-3-16-14-25-23(26-15-16)28-11-8-17(9-12-28)29-10-4-5-21(22(29)30)27-20-7-6-18(13-19(20)24)33(2,31)32/h6-7,13-15,17,21,27H,3-5,8-12H2,1-2H3,(H,31,32). The summed E-state index contributed by atoms with van der Waals surface area (Å²) in [7, 11) is -3.54. The highest BCUT2D eigenvalue weighted by atomic mass is 31.2. The number of rotatable bonds is 6. The summed E-state index contributed by atoms with van der Waals surface area (Å²) in [5.41, 5.74) is 1.28. The Morgan fingerprint density at radius 2 is 1.88 bits per heavy atom. The summed E-state index contributed by atoms with van der Waals surface area (Å²) in [6.45, 7) is 5.52. The van der Waals surface area contributed by atoms with Gasteiger partial charge in [-0.2, -0.15) is 0 Å². The summed E-state index contributed by atoms with van der Waals surface area (Å²) in [6.07, 6.45) is 7.77. The van der Waals surface area contributed by atoms with E-state index >= 15 is 0 Å². The first-order valence-corrected chi connectivity index (χ1v) is 13.6. The molecule has 2 aliphatic heterocycles. The number of anilines is 2. The molecule has 1 aromatic heterocycles. The van der Waals surface area contributed by atoms with Crippen LogP contribution in [-0.4, -0.2) is 64.1 Å². The number of aryl methyl sites for hydroxylation is 1. The molecular weight excluding hydrogens is 444 g/mol. The zero-order valence-electron chi connectivity index (χ0n) is 19.1. The van der Waals surface area contributed by atoms with Crippen LogP contribution in [0.25, 0.3) is 0 Å². The molecule has 10 heteroatoms. The van der Waals surface area contributed by atoms with Crippen LogP contribution in [0.2, 0.25) is 0 Å². The van der Waals surface area contributed by atoms with Crippen molar-refractivity contribution in [2.45, 2.75) is 51.1 Å². The van der Waals surface area contributed by atoms with E-state index in [4.69, 9.17) is 0 Å². The normalized spacial score (nSPS) is 21.7. The van der Waals surface area contributed by atoms with Gasteiger partial charge < -0.3 is 20.0 Å².